The van der Waals surface area contributed by atoms with E-state index >= 15 is 0 Å². The summed E-state index contributed by atoms with van der Waals surface area (Å²) in [5.41, 5.74) is 6.58. The lowest BCUT2D eigenvalue weighted by atomic mass is 9.99. The van der Waals surface area contributed by atoms with E-state index < -0.39 is 11.6 Å². The van der Waals surface area contributed by atoms with Crippen molar-refractivity contribution < 1.29 is 14.3 Å². The molecule has 1 heterocycles. The molecule has 2 N–H and O–H groups in total. The van der Waals surface area contributed by atoms with Crippen molar-refractivity contribution in [3.05, 3.63) is 33.8 Å². The molecule has 5 nitrogen and oxygen atoms in total. The minimum absolute atomic E-state index is 0.323. The molecule has 128 valence electrons. The molecule has 1 aromatic carbocycles. The average molecular weight is 361 g/mol. The maximum absolute atomic E-state index is 12.4. The fourth-order valence-corrected chi connectivity index (χ4v) is 2.72. The van der Waals surface area contributed by atoms with Gasteiger partial charge in [-0.05, 0) is 38.5 Å². The summed E-state index contributed by atoms with van der Waals surface area (Å²) in [6.07, 6.45) is -0.388. The van der Waals surface area contributed by atoms with Gasteiger partial charge in [0.25, 0.3) is 0 Å². The monoisotopic (exact) mass is 360 g/mol. The third-order valence-electron chi connectivity index (χ3n) is 3.54. The molecule has 1 aliphatic heterocycles. The van der Waals surface area contributed by atoms with Crippen LogP contribution in [0.1, 0.15) is 32.4 Å². The zero-order valence-electron chi connectivity index (χ0n) is 13.5. The first-order valence-electron chi connectivity index (χ1n) is 7.47. The molecule has 0 spiro atoms. The normalized spacial score (nSPS) is 20.3. The van der Waals surface area contributed by atoms with Crippen LogP contribution in [0.3, 0.4) is 0 Å². The van der Waals surface area contributed by atoms with E-state index in [2.05, 4.69) is 0 Å². The number of halogens is 2. The number of morpholine rings is 1. The SMILES string of the molecule is CC(C)(C)OC(=O)N1CCOCC1C(N)c1ccc(Cl)c(Cl)c1. The second-order valence-corrected chi connectivity index (χ2v) is 7.33. The van der Waals surface area contributed by atoms with Crippen molar-refractivity contribution in [2.45, 2.75) is 38.5 Å². The molecule has 1 amide bonds. The van der Waals surface area contributed by atoms with Crippen LogP contribution in [0.4, 0.5) is 4.79 Å². The molecule has 0 aliphatic carbocycles. The molecule has 0 bridgehead atoms. The van der Waals surface area contributed by atoms with Gasteiger partial charge in [0.2, 0.25) is 0 Å². The van der Waals surface area contributed by atoms with E-state index in [1.54, 1.807) is 23.1 Å². The molecular weight excluding hydrogens is 339 g/mol. The van der Waals surface area contributed by atoms with Crippen LogP contribution in [-0.2, 0) is 9.47 Å². The number of hydrogen-bond acceptors (Lipinski definition) is 4. The Labute approximate surface area is 146 Å². The highest BCUT2D eigenvalue weighted by molar-refractivity contribution is 6.42. The van der Waals surface area contributed by atoms with Gasteiger partial charge < -0.3 is 15.2 Å². The van der Waals surface area contributed by atoms with Crippen LogP contribution in [0.25, 0.3) is 0 Å². The highest BCUT2D eigenvalue weighted by atomic mass is 35.5. The predicted molar refractivity (Wildman–Crippen MR) is 90.9 cm³/mol. The average Bonchev–Trinajstić information content (AvgIpc) is 2.47. The molecule has 0 aromatic heterocycles. The van der Waals surface area contributed by atoms with Crippen molar-refractivity contribution in [2.75, 3.05) is 19.8 Å². The van der Waals surface area contributed by atoms with Crippen molar-refractivity contribution in [1.29, 1.82) is 0 Å². The van der Waals surface area contributed by atoms with Crippen molar-refractivity contribution in [1.82, 2.24) is 4.90 Å². The number of benzene rings is 1. The number of nitrogens with two attached hydrogens (primary N) is 1. The Balaban J connectivity index is 2.19. The second kappa shape index (κ2) is 7.26. The van der Waals surface area contributed by atoms with Gasteiger partial charge in [-0.15, -0.1) is 0 Å². The van der Waals surface area contributed by atoms with Crippen LogP contribution in [0.15, 0.2) is 18.2 Å². The number of rotatable bonds is 2. The predicted octanol–water partition coefficient (Wildman–Crippen LogP) is 3.63. The van der Waals surface area contributed by atoms with Crippen LogP contribution >= 0.6 is 23.2 Å². The summed E-state index contributed by atoms with van der Waals surface area (Å²) in [7, 11) is 0. The van der Waals surface area contributed by atoms with Crippen LogP contribution in [-0.4, -0.2) is 42.4 Å². The van der Waals surface area contributed by atoms with Crippen LogP contribution in [0.2, 0.25) is 10.0 Å². The van der Waals surface area contributed by atoms with Crippen molar-refractivity contribution in [2.24, 2.45) is 5.73 Å². The summed E-state index contributed by atoms with van der Waals surface area (Å²) in [6, 6.07) is 4.45. The summed E-state index contributed by atoms with van der Waals surface area (Å²) in [6.45, 7) is 6.75. The van der Waals surface area contributed by atoms with E-state index in [9.17, 15) is 4.79 Å². The van der Waals surface area contributed by atoms with E-state index in [-0.39, 0.29) is 12.1 Å². The van der Waals surface area contributed by atoms with Gasteiger partial charge in [0.15, 0.2) is 0 Å². The zero-order valence-corrected chi connectivity index (χ0v) is 15.0. The standard InChI is InChI=1S/C16H22Cl2N2O3/c1-16(2,3)23-15(21)20-6-7-22-9-13(20)14(19)10-4-5-11(17)12(18)8-10/h4-5,8,13-14H,6-7,9,19H2,1-3H3. The highest BCUT2D eigenvalue weighted by Gasteiger charge is 2.35. The molecule has 2 atom stereocenters. The Morgan fingerprint density at radius 3 is 2.70 bits per heavy atom. The first kappa shape index (κ1) is 18.3. The van der Waals surface area contributed by atoms with Gasteiger partial charge in [-0.1, -0.05) is 29.3 Å². The lowest BCUT2D eigenvalue weighted by Crippen LogP contribution is -2.54. The van der Waals surface area contributed by atoms with Gasteiger partial charge in [-0.2, -0.15) is 0 Å². The topological polar surface area (TPSA) is 64.8 Å². The lowest BCUT2D eigenvalue weighted by Gasteiger charge is -2.39. The number of amides is 1. The van der Waals surface area contributed by atoms with E-state index in [4.69, 9.17) is 38.4 Å². The van der Waals surface area contributed by atoms with Crippen molar-refractivity contribution in [3.8, 4) is 0 Å². The van der Waals surface area contributed by atoms with Gasteiger partial charge in [0.1, 0.15) is 5.60 Å². The fraction of sp³-hybridized carbons (Fsp3) is 0.562. The molecule has 2 rings (SSSR count). The van der Waals surface area contributed by atoms with E-state index in [1.807, 2.05) is 20.8 Å². The molecule has 23 heavy (non-hydrogen) atoms. The Morgan fingerprint density at radius 2 is 2.09 bits per heavy atom. The lowest BCUT2D eigenvalue weighted by molar-refractivity contribution is -0.0382. The molecule has 0 radical (unpaired) electrons. The molecule has 1 saturated heterocycles. The number of carbonyl (C=O) groups excluding carboxylic acids is 1. The van der Waals surface area contributed by atoms with E-state index in [0.29, 0.717) is 29.8 Å². The summed E-state index contributed by atoms with van der Waals surface area (Å²) < 4.78 is 11.0. The van der Waals surface area contributed by atoms with Gasteiger partial charge in [-0.25, -0.2) is 4.79 Å². The maximum atomic E-state index is 12.4. The molecule has 0 saturated carbocycles. The first-order chi connectivity index (χ1) is 10.7. The number of carbonyl (C=O) groups is 1. The smallest absolute Gasteiger partial charge is 0.410 e. The number of hydrogen-bond donors (Lipinski definition) is 1. The van der Waals surface area contributed by atoms with Gasteiger partial charge in [-0.3, -0.25) is 4.90 Å². The largest absolute Gasteiger partial charge is 0.444 e. The molecule has 1 aromatic rings. The Bertz CT molecular complexity index is 575. The summed E-state index contributed by atoms with van der Waals surface area (Å²) in [4.78, 5) is 14.1. The fourth-order valence-electron chi connectivity index (χ4n) is 2.41. The molecule has 2 unspecified atom stereocenters. The van der Waals surface area contributed by atoms with Crippen LogP contribution in [0.5, 0.6) is 0 Å². The van der Waals surface area contributed by atoms with Gasteiger partial charge in [0, 0.05) is 6.54 Å². The number of ether oxygens (including phenoxy) is 2. The van der Waals surface area contributed by atoms with Crippen molar-refractivity contribution >= 4 is 29.3 Å². The summed E-state index contributed by atoms with van der Waals surface area (Å²) in [5.74, 6) is 0. The molecule has 1 aliphatic rings. The van der Waals surface area contributed by atoms with Crippen LogP contribution < -0.4 is 5.73 Å². The first-order valence-corrected chi connectivity index (χ1v) is 8.22. The second-order valence-electron chi connectivity index (χ2n) is 6.52. The minimum atomic E-state index is -0.562. The number of nitrogens with zero attached hydrogens (tertiary/aromatic N) is 1. The summed E-state index contributed by atoms with van der Waals surface area (Å²) in [5, 5.41) is 0.895. The summed E-state index contributed by atoms with van der Waals surface area (Å²) >= 11 is 12.0. The van der Waals surface area contributed by atoms with Crippen LogP contribution in [0, 0.1) is 0 Å². The molecular formula is C16H22Cl2N2O3. The Kier molecular flexibility index (Phi) is 5.79. The van der Waals surface area contributed by atoms with Gasteiger partial charge in [0.05, 0.1) is 35.3 Å². The van der Waals surface area contributed by atoms with Crippen molar-refractivity contribution in [3.63, 3.8) is 0 Å². The maximum Gasteiger partial charge on any atom is 0.410 e. The van der Waals surface area contributed by atoms with E-state index in [0.717, 1.165) is 5.56 Å². The zero-order chi connectivity index (χ0) is 17.2. The van der Waals surface area contributed by atoms with E-state index in [1.165, 1.54) is 0 Å². The Hall–Kier alpha value is -1.01. The quantitative estimate of drug-likeness (QED) is 0.874. The van der Waals surface area contributed by atoms with Gasteiger partial charge >= 0.3 is 6.09 Å². The Morgan fingerprint density at radius 1 is 1.39 bits per heavy atom. The third-order valence-corrected chi connectivity index (χ3v) is 4.28. The highest BCUT2D eigenvalue weighted by Crippen LogP contribution is 2.29. The minimum Gasteiger partial charge on any atom is -0.444 e. The third kappa shape index (κ3) is 4.73. The molecule has 7 heteroatoms. The molecule has 1 fully saturated rings.